The molecule has 5 nitrogen and oxygen atoms in total. The van der Waals surface area contributed by atoms with Gasteiger partial charge in [-0.2, -0.15) is 0 Å². The van der Waals surface area contributed by atoms with Crippen LogP contribution in [0, 0.1) is 11.8 Å². The summed E-state index contributed by atoms with van der Waals surface area (Å²) in [6, 6.07) is 2.48. The Hall–Kier alpha value is -1.36. The fourth-order valence-corrected chi connectivity index (χ4v) is 3.48. The summed E-state index contributed by atoms with van der Waals surface area (Å²) in [6.45, 7) is 4.19. The number of anilines is 2. The van der Waals surface area contributed by atoms with Gasteiger partial charge in [-0.05, 0) is 31.1 Å². The second-order valence-electron chi connectivity index (χ2n) is 6.22. The number of aromatic nitrogens is 2. The Morgan fingerprint density at radius 2 is 2.00 bits per heavy atom. The Kier molecular flexibility index (Phi) is 3.31. The number of nitrogens with one attached hydrogen (secondary N) is 2. The molecule has 1 aromatic heterocycles. The van der Waals surface area contributed by atoms with Gasteiger partial charge >= 0.3 is 0 Å². The van der Waals surface area contributed by atoms with Crippen molar-refractivity contribution < 1.29 is 0 Å². The van der Waals surface area contributed by atoms with Gasteiger partial charge in [-0.3, -0.25) is 0 Å². The third kappa shape index (κ3) is 2.52. The van der Waals surface area contributed by atoms with Gasteiger partial charge in [0.15, 0.2) is 0 Å². The minimum atomic E-state index is 0.300. The molecular formula is C14H23N5. The van der Waals surface area contributed by atoms with Crippen molar-refractivity contribution in [1.82, 2.24) is 9.97 Å². The third-order valence-corrected chi connectivity index (χ3v) is 4.48. The molecule has 2 saturated carbocycles. The number of hydrogen-bond donors (Lipinski definition) is 3. The maximum atomic E-state index is 5.49. The lowest BCUT2D eigenvalue weighted by Crippen LogP contribution is -2.27. The molecular weight excluding hydrogens is 238 g/mol. The van der Waals surface area contributed by atoms with Crippen molar-refractivity contribution in [2.24, 2.45) is 17.7 Å². The van der Waals surface area contributed by atoms with E-state index in [1.165, 1.54) is 25.7 Å². The van der Waals surface area contributed by atoms with Crippen LogP contribution in [0.5, 0.6) is 0 Å². The van der Waals surface area contributed by atoms with E-state index in [0.29, 0.717) is 17.8 Å². The second-order valence-corrected chi connectivity index (χ2v) is 6.22. The standard InChI is InChI=1S/C14H23N5/c1-8(2)14-17-12(7-13(18-14)19-15)16-11-6-9-3-4-10(11)5-9/h7-11H,3-6,15H2,1-2H3,(H2,16,17,18,19). The zero-order valence-corrected chi connectivity index (χ0v) is 11.7. The molecule has 0 saturated heterocycles. The van der Waals surface area contributed by atoms with E-state index < -0.39 is 0 Å². The summed E-state index contributed by atoms with van der Waals surface area (Å²) in [6.07, 6.45) is 5.46. The molecule has 5 heteroatoms. The largest absolute Gasteiger partial charge is 0.367 e. The molecule has 0 aromatic carbocycles. The van der Waals surface area contributed by atoms with Crippen LogP contribution in [0.15, 0.2) is 6.07 Å². The highest BCUT2D eigenvalue weighted by molar-refractivity contribution is 5.48. The van der Waals surface area contributed by atoms with Gasteiger partial charge in [-0.1, -0.05) is 20.3 Å². The normalized spacial score (nSPS) is 28.9. The van der Waals surface area contributed by atoms with Gasteiger partial charge < -0.3 is 10.7 Å². The van der Waals surface area contributed by atoms with Crippen LogP contribution in [0.3, 0.4) is 0 Å². The lowest BCUT2D eigenvalue weighted by Gasteiger charge is -2.24. The van der Waals surface area contributed by atoms with E-state index in [2.05, 4.69) is 34.6 Å². The lowest BCUT2D eigenvalue weighted by molar-refractivity contribution is 0.438. The molecule has 3 rings (SSSR count). The van der Waals surface area contributed by atoms with Crippen molar-refractivity contribution in [3.8, 4) is 0 Å². The first-order chi connectivity index (χ1) is 9.15. The lowest BCUT2D eigenvalue weighted by atomic mass is 9.95. The molecule has 1 heterocycles. The van der Waals surface area contributed by atoms with E-state index in [-0.39, 0.29) is 0 Å². The molecule has 2 fully saturated rings. The van der Waals surface area contributed by atoms with Crippen molar-refractivity contribution >= 4 is 11.6 Å². The molecule has 2 aliphatic rings. The molecule has 0 radical (unpaired) electrons. The minimum absolute atomic E-state index is 0.300. The van der Waals surface area contributed by atoms with Crippen molar-refractivity contribution in [3.63, 3.8) is 0 Å². The number of nitrogens with zero attached hydrogens (tertiary/aromatic N) is 2. The molecule has 1 aromatic rings. The summed E-state index contributed by atoms with van der Waals surface area (Å²) >= 11 is 0. The smallest absolute Gasteiger partial charge is 0.145 e. The molecule has 3 atom stereocenters. The maximum absolute atomic E-state index is 5.49. The van der Waals surface area contributed by atoms with Crippen LogP contribution in [-0.2, 0) is 0 Å². The number of rotatable bonds is 4. The van der Waals surface area contributed by atoms with E-state index in [0.717, 1.165) is 23.5 Å². The van der Waals surface area contributed by atoms with Gasteiger partial charge in [-0.15, -0.1) is 0 Å². The highest BCUT2D eigenvalue weighted by Crippen LogP contribution is 2.45. The SMILES string of the molecule is CC(C)c1nc(NN)cc(NC2CC3CCC2C3)n1. The Bertz CT molecular complexity index is 459. The molecule has 0 aliphatic heterocycles. The molecule has 104 valence electrons. The fraction of sp³-hybridized carbons (Fsp3) is 0.714. The topological polar surface area (TPSA) is 75.9 Å². The Labute approximate surface area is 114 Å². The Morgan fingerprint density at radius 1 is 1.21 bits per heavy atom. The first-order valence-electron chi connectivity index (χ1n) is 7.28. The monoisotopic (exact) mass is 261 g/mol. The van der Waals surface area contributed by atoms with Gasteiger partial charge in [0.1, 0.15) is 17.5 Å². The summed E-state index contributed by atoms with van der Waals surface area (Å²) in [5, 5.41) is 3.60. The number of nitrogens with two attached hydrogens (primary N) is 1. The maximum Gasteiger partial charge on any atom is 0.145 e. The fourth-order valence-electron chi connectivity index (χ4n) is 3.48. The summed E-state index contributed by atoms with van der Waals surface area (Å²) in [4.78, 5) is 9.00. The minimum Gasteiger partial charge on any atom is -0.367 e. The third-order valence-electron chi connectivity index (χ3n) is 4.48. The first-order valence-corrected chi connectivity index (χ1v) is 7.28. The highest BCUT2D eigenvalue weighted by atomic mass is 15.3. The first kappa shape index (κ1) is 12.7. The van der Waals surface area contributed by atoms with E-state index in [1.807, 2.05) is 6.07 Å². The van der Waals surface area contributed by atoms with Gasteiger partial charge in [0.25, 0.3) is 0 Å². The van der Waals surface area contributed by atoms with Crippen molar-refractivity contribution in [2.75, 3.05) is 10.7 Å². The molecule has 3 unspecified atom stereocenters. The number of nitrogen functional groups attached to an aromatic ring is 1. The van der Waals surface area contributed by atoms with Crippen LogP contribution in [0.2, 0.25) is 0 Å². The van der Waals surface area contributed by atoms with Crippen molar-refractivity contribution in [3.05, 3.63) is 11.9 Å². The summed E-state index contributed by atoms with van der Waals surface area (Å²) in [5.41, 5.74) is 2.63. The van der Waals surface area contributed by atoms with Crippen LogP contribution < -0.4 is 16.6 Å². The molecule has 2 aliphatic carbocycles. The van der Waals surface area contributed by atoms with Crippen molar-refractivity contribution in [1.29, 1.82) is 0 Å². The zero-order chi connectivity index (χ0) is 13.4. The van der Waals surface area contributed by atoms with Gasteiger partial charge in [-0.25, -0.2) is 15.8 Å². The van der Waals surface area contributed by atoms with E-state index in [4.69, 9.17) is 5.84 Å². The second kappa shape index (κ2) is 4.96. The van der Waals surface area contributed by atoms with Crippen LogP contribution in [0.25, 0.3) is 0 Å². The number of hydrogen-bond acceptors (Lipinski definition) is 5. The quantitative estimate of drug-likeness (QED) is 0.573. The molecule has 0 amide bonds. The van der Waals surface area contributed by atoms with E-state index in [1.54, 1.807) is 0 Å². The van der Waals surface area contributed by atoms with Gasteiger partial charge in [0.2, 0.25) is 0 Å². The van der Waals surface area contributed by atoms with Gasteiger partial charge in [0.05, 0.1) is 0 Å². The Morgan fingerprint density at radius 3 is 2.58 bits per heavy atom. The predicted molar refractivity (Wildman–Crippen MR) is 76.8 cm³/mol. The molecule has 0 spiro atoms. The van der Waals surface area contributed by atoms with Crippen LogP contribution in [-0.4, -0.2) is 16.0 Å². The summed E-state index contributed by atoms with van der Waals surface area (Å²) < 4.78 is 0. The number of fused-ring (bicyclic) bond motifs is 2. The molecule has 2 bridgehead atoms. The zero-order valence-electron chi connectivity index (χ0n) is 11.7. The predicted octanol–water partition coefficient (Wildman–Crippen LogP) is 2.49. The highest BCUT2D eigenvalue weighted by Gasteiger charge is 2.39. The van der Waals surface area contributed by atoms with Crippen LogP contribution >= 0.6 is 0 Å². The van der Waals surface area contributed by atoms with Crippen LogP contribution in [0.4, 0.5) is 11.6 Å². The number of hydrazine groups is 1. The van der Waals surface area contributed by atoms with Gasteiger partial charge in [0, 0.05) is 18.0 Å². The van der Waals surface area contributed by atoms with E-state index >= 15 is 0 Å². The summed E-state index contributed by atoms with van der Waals surface area (Å²) in [7, 11) is 0. The average Bonchev–Trinajstić information content (AvgIpc) is 3.00. The van der Waals surface area contributed by atoms with Crippen LogP contribution in [0.1, 0.15) is 51.3 Å². The molecule has 4 N–H and O–H groups in total. The Balaban J connectivity index is 1.78. The molecule has 19 heavy (non-hydrogen) atoms. The summed E-state index contributed by atoms with van der Waals surface area (Å²) in [5.74, 6) is 9.98. The average molecular weight is 261 g/mol. The van der Waals surface area contributed by atoms with E-state index in [9.17, 15) is 0 Å². The van der Waals surface area contributed by atoms with Crippen molar-refractivity contribution in [2.45, 2.75) is 51.5 Å².